The van der Waals surface area contributed by atoms with Gasteiger partial charge in [0.25, 0.3) is 0 Å². The average molecular weight is 284 g/mol. The molecule has 4 nitrogen and oxygen atoms in total. The summed E-state index contributed by atoms with van der Waals surface area (Å²) in [6.07, 6.45) is 0. The van der Waals surface area contributed by atoms with Crippen LogP contribution in [-0.4, -0.2) is 40.2 Å². The SMILES string of the molecule is Cc1nc(SCC2(CO)COC2)n(CC(C)C)c1C. The topological polar surface area (TPSA) is 47.3 Å². The van der Waals surface area contributed by atoms with Gasteiger partial charge in [-0.25, -0.2) is 4.98 Å². The maximum absolute atomic E-state index is 9.47. The van der Waals surface area contributed by atoms with Gasteiger partial charge in [-0.2, -0.15) is 0 Å². The van der Waals surface area contributed by atoms with Gasteiger partial charge in [0, 0.05) is 23.4 Å². The van der Waals surface area contributed by atoms with Crippen molar-refractivity contribution >= 4 is 11.8 Å². The van der Waals surface area contributed by atoms with Crippen LogP contribution < -0.4 is 0 Å². The molecule has 1 saturated heterocycles. The molecule has 19 heavy (non-hydrogen) atoms. The number of thioether (sulfide) groups is 1. The van der Waals surface area contributed by atoms with Gasteiger partial charge in [-0.1, -0.05) is 25.6 Å². The molecule has 2 rings (SSSR count). The van der Waals surface area contributed by atoms with Gasteiger partial charge < -0.3 is 14.4 Å². The zero-order chi connectivity index (χ0) is 14.0. The Kier molecular flexibility index (Phi) is 4.58. The van der Waals surface area contributed by atoms with Crippen molar-refractivity contribution < 1.29 is 9.84 Å². The highest BCUT2D eigenvalue weighted by atomic mass is 32.2. The summed E-state index contributed by atoms with van der Waals surface area (Å²) >= 11 is 1.74. The summed E-state index contributed by atoms with van der Waals surface area (Å²) in [5.41, 5.74) is 2.30. The molecule has 5 heteroatoms. The molecule has 2 heterocycles. The second-order valence-corrected chi connectivity index (χ2v) is 6.95. The van der Waals surface area contributed by atoms with Gasteiger partial charge in [0.1, 0.15) is 0 Å². The molecule has 1 N–H and O–H groups in total. The maximum Gasteiger partial charge on any atom is 0.168 e. The minimum absolute atomic E-state index is 0.0545. The Bertz CT molecular complexity index is 433. The Morgan fingerprint density at radius 3 is 2.58 bits per heavy atom. The summed E-state index contributed by atoms with van der Waals surface area (Å²) < 4.78 is 7.54. The van der Waals surface area contributed by atoms with Crippen molar-refractivity contribution in [1.29, 1.82) is 0 Å². The summed E-state index contributed by atoms with van der Waals surface area (Å²) in [4.78, 5) is 4.66. The van der Waals surface area contributed by atoms with Gasteiger partial charge in [0.05, 0.1) is 25.5 Å². The Labute approximate surface area is 119 Å². The molecule has 1 aliphatic rings. The second kappa shape index (κ2) is 5.85. The molecule has 0 aromatic carbocycles. The van der Waals surface area contributed by atoms with Crippen LogP contribution in [0.2, 0.25) is 0 Å². The van der Waals surface area contributed by atoms with Crippen LogP contribution in [0, 0.1) is 25.2 Å². The first-order valence-corrected chi connectivity index (χ1v) is 7.81. The molecule has 0 unspecified atom stereocenters. The van der Waals surface area contributed by atoms with Gasteiger partial charge in [0.15, 0.2) is 5.16 Å². The smallest absolute Gasteiger partial charge is 0.168 e. The number of hydrogen-bond acceptors (Lipinski definition) is 4. The largest absolute Gasteiger partial charge is 0.396 e. The number of ether oxygens (including phenoxy) is 1. The van der Waals surface area contributed by atoms with Gasteiger partial charge in [-0.05, 0) is 19.8 Å². The number of aliphatic hydroxyl groups is 1. The van der Waals surface area contributed by atoms with Crippen LogP contribution in [0.25, 0.3) is 0 Å². The summed E-state index contributed by atoms with van der Waals surface area (Å²) in [5.74, 6) is 1.47. The highest BCUT2D eigenvalue weighted by Gasteiger charge is 2.38. The fraction of sp³-hybridized carbons (Fsp3) is 0.786. The predicted octanol–water partition coefficient (Wildman–Crippen LogP) is 2.26. The predicted molar refractivity (Wildman–Crippen MR) is 77.6 cm³/mol. The van der Waals surface area contributed by atoms with E-state index in [2.05, 4.69) is 37.2 Å². The Hall–Kier alpha value is -0.520. The van der Waals surface area contributed by atoms with Crippen LogP contribution in [-0.2, 0) is 11.3 Å². The summed E-state index contributed by atoms with van der Waals surface area (Å²) in [7, 11) is 0. The molecule has 1 aliphatic heterocycles. The lowest BCUT2D eigenvalue weighted by Gasteiger charge is -2.39. The average Bonchev–Trinajstić information content (AvgIpc) is 2.56. The number of imidazole rings is 1. The fourth-order valence-electron chi connectivity index (χ4n) is 2.14. The van der Waals surface area contributed by atoms with Gasteiger partial charge in [-0.3, -0.25) is 0 Å². The monoisotopic (exact) mass is 284 g/mol. The van der Waals surface area contributed by atoms with Crippen LogP contribution in [0.4, 0.5) is 0 Å². The molecule has 1 aromatic rings. The normalized spacial score (nSPS) is 17.8. The van der Waals surface area contributed by atoms with E-state index in [1.807, 2.05) is 0 Å². The van der Waals surface area contributed by atoms with E-state index in [9.17, 15) is 5.11 Å². The number of rotatable bonds is 6. The van der Waals surface area contributed by atoms with E-state index in [1.54, 1.807) is 11.8 Å². The number of nitrogens with zero attached hydrogens (tertiary/aromatic N) is 2. The number of aromatic nitrogens is 2. The third kappa shape index (κ3) is 3.15. The maximum atomic E-state index is 9.47. The molecule has 1 aromatic heterocycles. The lowest BCUT2D eigenvalue weighted by Crippen LogP contribution is -2.47. The van der Waals surface area contributed by atoms with E-state index in [1.165, 1.54) is 5.69 Å². The molecule has 0 aliphatic carbocycles. The zero-order valence-electron chi connectivity index (χ0n) is 12.3. The van der Waals surface area contributed by atoms with Crippen LogP contribution in [0.1, 0.15) is 25.2 Å². The van der Waals surface area contributed by atoms with E-state index in [0.29, 0.717) is 19.1 Å². The van der Waals surface area contributed by atoms with Crippen molar-refractivity contribution in [2.24, 2.45) is 11.3 Å². The van der Waals surface area contributed by atoms with Crippen molar-refractivity contribution in [2.75, 3.05) is 25.6 Å². The zero-order valence-corrected chi connectivity index (χ0v) is 13.1. The van der Waals surface area contributed by atoms with Crippen LogP contribution in [0.3, 0.4) is 0 Å². The third-order valence-corrected chi connectivity index (χ3v) is 4.96. The molecule has 1 fully saturated rings. The molecule has 0 atom stereocenters. The van der Waals surface area contributed by atoms with Crippen molar-refractivity contribution in [1.82, 2.24) is 9.55 Å². The van der Waals surface area contributed by atoms with Crippen molar-refractivity contribution in [3.63, 3.8) is 0 Å². The second-order valence-electron chi connectivity index (χ2n) is 6.01. The minimum atomic E-state index is -0.0545. The fourth-order valence-corrected chi connectivity index (χ4v) is 3.40. The molecular weight excluding hydrogens is 260 g/mol. The van der Waals surface area contributed by atoms with Crippen molar-refractivity contribution in [2.45, 2.75) is 39.4 Å². The molecular formula is C14H24N2O2S. The lowest BCUT2D eigenvalue weighted by molar-refractivity contribution is -0.121. The van der Waals surface area contributed by atoms with E-state index in [4.69, 9.17) is 4.74 Å². The van der Waals surface area contributed by atoms with Gasteiger partial charge in [0.2, 0.25) is 0 Å². The Balaban J connectivity index is 2.09. The first-order chi connectivity index (χ1) is 8.97. The molecule has 0 amide bonds. The van der Waals surface area contributed by atoms with Crippen molar-refractivity contribution in [3.05, 3.63) is 11.4 Å². The Morgan fingerprint density at radius 1 is 1.42 bits per heavy atom. The molecule has 0 bridgehead atoms. The first kappa shape index (κ1) is 14.9. The number of hydrogen-bond donors (Lipinski definition) is 1. The van der Waals surface area contributed by atoms with Crippen LogP contribution >= 0.6 is 11.8 Å². The first-order valence-electron chi connectivity index (χ1n) is 6.82. The lowest BCUT2D eigenvalue weighted by atomic mass is 9.90. The standard InChI is InChI=1S/C14H24N2O2S/c1-10(2)5-16-12(4)11(3)15-13(16)19-9-14(6-17)7-18-8-14/h10,17H,5-9H2,1-4H3. The highest BCUT2D eigenvalue weighted by Crippen LogP contribution is 2.34. The van der Waals surface area contributed by atoms with E-state index < -0.39 is 0 Å². The van der Waals surface area contributed by atoms with E-state index >= 15 is 0 Å². The summed E-state index contributed by atoms with van der Waals surface area (Å²) in [5, 5.41) is 10.5. The van der Waals surface area contributed by atoms with Crippen molar-refractivity contribution in [3.8, 4) is 0 Å². The highest BCUT2D eigenvalue weighted by molar-refractivity contribution is 7.99. The molecule has 0 saturated carbocycles. The quantitative estimate of drug-likeness (QED) is 0.814. The molecule has 0 radical (unpaired) electrons. The summed E-state index contributed by atoms with van der Waals surface area (Å²) in [6.45, 7) is 11.2. The number of aliphatic hydroxyl groups excluding tert-OH is 1. The molecule has 108 valence electrons. The Morgan fingerprint density at radius 2 is 2.11 bits per heavy atom. The van der Waals surface area contributed by atoms with E-state index in [0.717, 1.165) is 23.1 Å². The van der Waals surface area contributed by atoms with Crippen LogP contribution in [0.5, 0.6) is 0 Å². The number of aryl methyl sites for hydroxylation is 1. The van der Waals surface area contributed by atoms with Gasteiger partial charge >= 0.3 is 0 Å². The molecule has 0 spiro atoms. The van der Waals surface area contributed by atoms with Gasteiger partial charge in [-0.15, -0.1) is 0 Å². The minimum Gasteiger partial charge on any atom is -0.396 e. The van der Waals surface area contributed by atoms with E-state index in [-0.39, 0.29) is 12.0 Å². The van der Waals surface area contributed by atoms with Crippen LogP contribution in [0.15, 0.2) is 5.16 Å². The summed E-state index contributed by atoms with van der Waals surface area (Å²) in [6, 6.07) is 0. The third-order valence-electron chi connectivity index (χ3n) is 3.63.